The van der Waals surface area contributed by atoms with E-state index in [1.807, 2.05) is 31.5 Å². The predicted molar refractivity (Wildman–Crippen MR) is 103 cm³/mol. The molecular formula is C18H28N8. The lowest BCUT2D eigenvalue weighted by Crippen LogP contribution is -2.48. The van der Waals surface area contributed by atoms with Crippen molar-refractivity contribution in [1.82, 2.24) is 30.4 Å². The SMILES string of the molecule is CN=C(NCc1nnc(C)n1C)NC1CCN(c2cccc(C)n2)CC1. The van der Waals surface area contributed by atoms with Crippen LogP contribution in [-0.4, -0.2) is 51.9 Å². The molecule has 0 bridgehead atoms. The molecule has 26 heavy (non-hydrogen) atoms. The summed E-state index contributed by atoms with van der Waals surface area (Å²) in [5.41, 5.74) is 1.06. The third-order valence-electron chi connectivity index (χ3n) is 4.85. The number of aryl methyl sites for hydroxylation is 2. The molecule has 0 amide bonds. The van der Waals surface area contributed by atoms with E-state index in [9.17, 15) is 0 Å². The first-order valence-corrected chi connectivity index (χ1v) is 9.07. The average molecular weight is 356 g/mol. The summed E-state index contributed by atoms with van der Waals surface area (Å²) in [6.45, 7) is 6.57. The molecule has 3 heterocycles. The van der Waals surface area contributed by atoms with Crippen molar-refractivity contribution >= 4 is 11.8 Å². The first-order chi connectivity index (χ1) is 12.6. The first kappa shape index (κ1) is 18.2. The predicted octanol–water partition coefficient (Wildman–Crippen LogP) is 1.16. The van der Waals surface area contributed by atoms with Crippen LogP contribution >= 0.6 is 0 Å². The number of anilines is 1. The number of rotatable bonds is 4. The van der Waals surface area contributed by atoms with Crippen LogP contribution in [0.4, 0.5) is 5.82 Å². The molecule has 2 aromatic rings. The zero-order valence-corrected chi connectivity index (χ0v) is 16.0. The van der Waals surface area contributed by atoms with Crippen LogP contribution in [0.25, 0.3) is 0 Å². The first-order valence-electron chi connectivity index (χ1n) is 9.07. The monoisotopic (exact) mass is 356 g/mol. The molecule has 1 saturated heterocycles. The molecule has 8 heteroatoms. The summed E-state index contributed by atoms with van der Waals surface area (Å²) in [7, 11) is 3.76. The van der Waals surface area contributed by atoms with Crippen molar-refractivity contribution < 1.29 is 0 Å². The topological polar surface area (TPSA) is 83.3 Å². The van der Waals surface area contributed by atoms with Crippen LogP contribution in [0.15, 0.2) is 23.2 Å². The quantitative estimate of drug-likeness (QED) is 0.632. The van der Waals surface area contributed by atoms with E-state index >= 15 is 0 Å². The van der Waals surface area contributed by atoms with Gasteiger partial charge in [-0.15, -0.1) is 10.2 Å². The molecule has 0 aromatic carbocycles. The fourth-order valence-corrected chi connectivity index (χ4v) is 3.11. The van der Waals surface area contributed by atoms with Gasteiger partial charge in [0.15, 0.2) is 11.8 Å². The van der Waals surface area contributed by atoms with Gasteiger partial charge < -0.3 is 20.1 Å². The van der Waals surface area contributed by atoms with E-state index in [1.54, 1.807) is 7.05 Å². The molecule has 8 nitrogen and oxygen atoms in total. The van der Waals surface area contributed by atoms with Gasteiger partial charge in [0.25, 0.3) is 0 Å². The van der Waals surface area contributed by atoms with Crippen molar-refractivity contribution in [3.8, 4) is 0 Å². The Morgan fingerprint density at radius 3 is 2.62 bits per heavy atom. The largest absolute Gasteiger partial charge is 0.356 e. The van der Waals surface area contributed by atoms with Crippen molar-refractivity contribution in [2.24, 2.45) is 12.0 Å². The van der Waals surface area contributed by atoms with Gasteiger partial charge in [-0.3, -0.25) is 4.99 Å². The summed E-state index contributed by atoms with van der Waals surface area (Å²) < 4.78 is 1.98. The van der Waals surface area contributed by atoms with Crippen LogP contribution in [0.5, 0.6) is 0 Å². The van der Waals surface area contributed by atoms with Crippen molar-refractivity contribution in [3.63, 3.8) is 0 Å². The zero-order chi connectivity index (χ0) is 18.5. The Morgan fingerprint density at radius 2 is 2.00 bits per heavy atom. The van der Waals surface area contributed by atoms with Crippen molar-refractivity contribution in [1.29, 1.82) is 0 Å². The molecule has 0 unspecified atom stereocenters. The minimum absolute atomic E-state index is 0.406. The van der Waals surface area contributed by atoms with Gasteiger partial charge in [0.05, 0.1) is 6.54 Å². The summed E-state index contributed by atoms with van der Waals surface area (Å²) in [5.74, 6) is 3.68. The lowest BCUT2D eigenvalue weighted by atomic mass is 10.1. The van der Waals surface area contributed by atoms with Crippen LogP contribution in [0.3, 0.4) is 0 Å². The van der Waals surface area contributed by atoms with E-state index in [-0.39, 0.29) is 0 Å². The molecule has 0 atom stereocenters. The second-order valence-corrected chi connectivity index (χ2v) is 6.69. The molecular weight excluding hydrogens is 328 g/mol. The van der Waals surface area contributed by atoms with Gasteiger partial charge in [0, 0.05) is 38.9 Å². The maximum absolute atomic E-state index is 4.63. The average Bonchev–Trinajstić information content (AvgIpc) is 2.97. The summed E-state index contributed by atoms with van der Waals surface area (Å²) in [6, 6.07) is 6.60. The Labute approximate surface area is 154 Å². The number of guanidine groups is 1. The maximum Gasteiger partial charge on any atom is 0.191 e. The summed E-state index contributed by atoms with van der Waals surface area (Å²) >= 11 is 0. The smallest absolute Gasteiger partial charge is 0.191 e. The Bertz CT molecular complexity index is 758. The highest BCUT2D eigenvalue weighted by atomic mass is 15.3. The lowest BCUT2D eigenvalue weighted by Gasteiger charge is -2.34. The van der Waals surface area contributed by atoms with E-state index in [1.165, 1.54) is 0 Å². The molecule has 1 aliphatic heterocycles. The molecule has 0 aliphatic carbocycles. The van der Waals surface area contributed by atoms with Crippen LogP contribution in [0.1, 0.15) is 30.2 Å². The van der Waals surface area contributed by atoms with Crippen molar-refractivity contribution in [2.45, 2.75) is 39.3 Å². The fraction of sp³-hybridized carbons (Fsp3) is 0.556. The Morgan fingerprint density at radius 1 is 1.23 bits per heavy atom. The number of aliphatic imine (C=N–C) groups is 1. The van der Waals surface area contributed by atoms with Crippen LogP contribution in [0, 0.1) is 13.8 Å². The minimum atomic E-state index is 0.406. The van der Waals surface area contributed by atoms with E-state index in [0.717, 1.165) is 55.1 Å². The minimum Gasteiger partial charge on any atom is -0.356 e. The summed E-state index contributed by atoms with van der Waals surface area (Å²) in [6.07, 6.45) is 2.11. The van der Waals surface area contributed by atoms with Gasteiger partial charge in [0.2, 0.25) is 0 Å². The Kier molecular flexibility index (Phi) is 5.70. The number of hydrogen-bond acceptors (Lipinski definition) is 5. The maximum atomic E-state index is 4.63. The third-order valence-corrected chi connectivity index (χ3v) is 4.85. The highest BCUT2D eigenvalue weighted by molar-refractivity contribution is 5.79. The molecule has 0 spiro atoms. The molecule has 3 rings (SSSR count). The van der Waals surface area contributed by atoms with Gasteiger partial charge in [-0.1, -0.05) is 6.07 Å². The second-order valence-electron chi connectivity index (χ2n) is 6.69. The van der Waals surface area contributed by atoms with Gasteiger partial charge in [-0.2, -0.15) is 0 Å². The Hall–Kier alpha value is -2.64. The zero-order valence-electron chi connectivity index (χ0n) is 16.0. The van der Waals surface area contributed by atoms with Gasteiger partial charge in [0.1, 0.15) is 11.6 Å². The number of hydrogen-bond donors (Lipinski definition) is 2. The third kappa shape index (κ3) is 4.30. The highest BCUT2D eigenvalue weighted by Crippen LogP contribution is 2.18. The second kappa shape index (κ2) is 8.16. The van der Waals surface area contributed by atoms with Crippen LogP contribution < -0.4 is 15.5 Å². The molecule has 0 radical (unpaired) electrons. The van der Waals surface area contributed by atoms with Gasteiger partial charge in [-0.05, 0) is 38.8 Å². The molecule has 1 fully saturated rings. The standard InChI is InChI=1S/C18H28N8/c1-13-6-5-7-16(21-13)26-10-8-15(9-11-26)22-18(19-3)20-12-17-24-23-14(2)25(17)4/h5-7,15H,8-12H2,1-4H3,(H2,19,20,22). The van der Waals surface area contributed by atoms with E-state index in [2.05, 4.69) is 47.8 Å². The van der Waals surface area contributed by atoms with E-state index < -0.39 is 0 Å². The molecule has 1 aliphatic rings. The van der Waals surface area contributed by atoms with Gasteiger partial charge in [-0.25, -0.2) is 4.98 Å². The number of nitrogens with zero attached hydrogens (tertiary/aromatic N) is 6. The number of nitrogens with one attached hydrogen (secondary N) is 2. The van der Waals surface area contributed by atoms with Crippen molar-refractivity contribution in [2.75, 3.05) is 25.0 Å². The molecule has 2 N–H and O–H groups in total. The fourth-order valence-electron chi connectivity index (χ4n) is 3.11. The normalized spacial score (nSPS) is 16.0. The molecule has 140 valence electrons. The molecule has 0 saturated carbocycles. The van der Waals surface area contributed by atoms with Crippen molar-refractivity contribution in [3.05, 3.63) is 35.5 Å². The Balaban J connectivity index is 1.49. The highest BCUT2D eigenvalue weighted by Gasteiger charge is 2.21. The van der Waals surface area contributed by atoms with Crippen LogP contribution in [0.2, 0.25) is 0 Å². The number of pyridine rings is 1. The molecule has 2 aromatic heterocycles. The number of piperidine rings is 1. The summed E-state index contributed by atoms with van der Waals surface area (Å²) in [5, 5.41) is 15.1. The van der Waals surface area contributed by atoms with E-state index in [0.29, 0.717) is 12.6 Å². The van der Waals surface area contributed by atoms with Crippen LogP contribution in [-0.2, 0) is 13.6 Å². The lowest BCUT2D eigenvalue weighted by molar-refractivity contribution is 0.459. The van der Waals surface area contributed by atoms with E-state index in [4.69, 9.17) is 0 Å². The summed E-state index contributed by atoms with van der Waals surface area (Å²) in [4.78, 5) is 11.3. The van der Waals surface area contributed by atoms with Gasteiger partial charge >= 0.3 is 0 Å². The number of aromatic nitrogens is 4.